The zero-order valence-electron chi connectivity index (χ0n) is 21.0. The number of hydrogen-bond acceptors (Lipinski definition) is 8. The molecule has 14 nitrogen and oxygen atoms in total. The van der Waals surface area contributed by atoms with Crippen LogP contribution in [0.15, 0.2) is 24.3 Å². The molecule has 1 aromatic carbocycles. The molecule has 3 amide bonds. The Morgan fingerprint density at radius 2 is 1.32 bits per heavy atom. The minimum atomic E-state index is -1.83. The Morgan fingerprint density at radius 3 is 1.82 bits per heavy atom. The smallest absolute Gasteiger partial charge is 0.326 e. The van der Waals surface area contributed by atoms with Gasteiger partial charge in [0, 0.05) is 12.8 Å². The predicted octanol–water partition coefficient (Wildman–Crippen LogP) is -0.813. The van der Waals surface area contributed by atoms with E-state index in [4.69, 9.17) is 15.9 Å². The summed E-state index contributed by atoms with van der Waals surface area (Å²) in [5.74, 6) is -7.03. The molecule has 0 radical (unpaired) electrons. The first-order valence-electron chi connectivity index (χ1n) is 11.8. The number of benzene rings is 1. The quantitative estimate of drug-likeness (QED) is 0.129. The van der Waals surface area contributed by atoms with Gasteiger partial charge in [-0.3, -0.25) is 24.0 Å². The summed E-state index contributed by atoms with van der Waals surface area (Å²) in [6.07, 6.45) is -1.74. The number of hydrogen-bond donors (Lipinski definition) is 8. The van der Waals surface area contributed by atoms with E-state index in [2.05, 4.69) is 10.6 Å². The molecule has 0 heterocycles. The van der Waals surface area contributed by atoms with Crippen molar-refractivity contribution >= 4 is 35.6 Å². The van der Waals surface area contributed by atoms with Crippen molar-refractivity contribution in [3.8, 4) is 5.75 Å². The van der Waals surface area contributed by atoms with Gasteiger partial charge < -0.3 is 42.1 Å². The van der Waals surface area contributed by atoms with Crippen LogP contribution in [0.25, 0.3) is 0 Å². The van der Waals surface area contributed by atoms with E-state index in [1.165, 1.54) is 24.3 Å². The van der Waals surface area contributed by atoms with Crippen LogP contribution in [0.1, 0.15) is 45.1 Å². The Morgan fingerprint density at radius 1 is 0.789 bits per heavy atom. The molecule has 14 heteroatoms. The van der Waals surface area contributed by atoms with Crippen molar-refractivity contribution in [3.63, 3.8) is 0 Å². The number of carboxylic acid groups (broad SMARTS) is 3. The molecule has 4 atom stereocenters. The number of phenols is 1. The van der Waals surface area contributed by atoms with Crippen LogP contribution in [-0.2, 0) is 35.2 Å². The maximum Gasteiger partial charge on any atom is 0.326 e. The molecule has 0 spiro atoms. The van der Waals surface area contributed by atoms with Crippen LogP contribution < -0.4 is 21.7 Å². The van der Waals surface area contributed by atoms with Crippen LogP contribution >= 0.6 is 0 Å². The lowest BCUT2D eigenvalue weighted by molar-refractivity contribution is -0.147. The Hall–Kier alpha value is -4.20. The second kappa shape index (κ2) is 15.1. The number of amides is 3. The number of nitrogens with one attached hydrogen (secondary N) is 3. The molecule has 0 bridgehead atoms. The van der Waals surface area contributed by atoms with Gasteiger partial charge in [0.2, 0.25) is 17.7 Å². The summed E-state index contributed by atoms with van der Waals surface area (Å²) in [6, 6.07) is 0.149. The number of nitrogens with two attached hydrogens (primary N) is 1. The van der Waals surface area contributed by atoms with Gasteiger partial charge >= 0.3 is 17.9 Å². The van der Waals surface area contributed by atoms with E-state index in [1.807, 2.05) is 19.2 Å². The molecule has 0 saturated heterocycles. The molecular weight excluding hydrogens is 504 g/mol. The highest BCUT2D eigenvalue weighted by atomic mass is 16.4. The van der Waals surface area contributed by atoms with E-state index in [1.54, 1.807) is 0 Å². The van der Waals surface area contributed by atoms with E-state index >= 15 is 0 Å². The second-order valence-electron chi connectivity index (χ2n) is 9.16. The maximum atomic E-state index is 13.2. The third kappa shape index (κ3) is 11.7. The fourth-order valence-corrected chi connectivity index (χ4v) is 3.43. The average Bonchev–Trinajstić information content (AvgIpc) is 2.80. The van der Waals surface area contributed by atoms with E-state index in [0.717, 1.165) is 0 Å². The first kappa shape index (κ1) is 31.8. The standard InChI is InChI=1S/C24H34N4O10/c1-12(2)9-15(25)21(34)27-17(10-13-3-5-14(29)6-4-13)23(36)26-16(7-8-19(30)31)22(35)28-18(24(37)38)11-20(32)33/h3-6,12,15-18,29H,7-11,25H2,1-2H3,(H,26,36)(H,27,34)(H,28,35)(H,30,31)(H,32,33)(H,37,38). The summed E-state index contributed by atoms with van der Waals surface area (Å²) < 4.78 is 0. The highest BCUT2D eigenvalue weighted by Gasteiger charge is 2.31. The Kier molecular flexibility index (Phi) is 12.7. The van der Waals surface area contributed by atoms with Crippen LogP contribution in [0.4, 0.5) is 0 Å². The number of rotatable bonds is 16. The van der Waals surface area contributed by atoms with Crippen molar-refractivity contribution in [1.29, 1.82) is 0 Å². The highest BCUT2D eigenvalue weighted by molar-refractivity contribution is 5.95. The summed E-state index contributed by atoms with van der Waals surface area (Å²) in [6.45, 7) is 3.71. The van der Waals surface area contributed by atoms with Crippen LogP contribution in [0.5, 0.6) is 5.75 Å². The van der Waals surface area contributed by atoms with Gasteiger partial charge in [0.25, 0.3) is 0 Å². The zero-order chi connectivity index (χ0) is 29.0. The normalized spacial score (nSPS) is 14.0. The van der Waals surface area contributed by atoms with Gasteiger partial charge in [0.15, 0.2) is 0 Å². The molecule has 9 N–H and O–H groups in total. The molecule has 0 aliphatic carbocycles. The minimum absolute atomic E-state index is 0.0301. The molecular formula is C24H34N4O10. The van der Waals surface area contributed by atoms with Gasteiger partial charge in [-0.15, -0.1) is 0 Å². The molecule has 0 aliphatic heterocycles. The topological polar surface area (TPSA) is 245 Å². The zero-order valence-corrected chi connectivity index (χ0v) is 21.0. The maximum absolute atomic E-state index is 13.2. The fraction of sp³-hybridized carbons (Fsp3) is 0.500. The van der Waals surface area contributed by atoms with Crippen molar-refractivity contribution < 1.29 is 49.2 Å². The Labute approximate surface area is 218 Å². The van der Waals surface area contributed by atoms with Gasteiger partial charge in [-0.05, 0) is 36.5 Å². The monoisotopic (exact) mass is 538 g/mol. The van der Waals surface area contributed by atoms with Crippen LogP contribution in [0, 0.1) is 5.92 Å². The van der Waals surface area contributed by atoms with E-state index < -0.39 is 79.1 Å². The van der Waals surface area contributed by atoms with E-state index in [-0.39, 0.29) is 18.1 Å². The summed E-state index contributed by atoms with van der Waals surface area (Å²) in [4.78, 5) is 72.0. The summed E-state index contributed by atoms with van der Waals surface area (Å²) in [7, 11) is 0. The highest BCUT2D eigenvalue weighted by Crippen LogP contribution is 2.13. The van der Waals surface area contributed by atoms with Crippen LogP contribution in [0.2, 0.25) is 0 Å². The molecule has 0 saturated carbocycles. The summed E-state index contributed by atoms with van der Waals surface area (Å²) in [5.41, 5.74) is 6.45. The number of carbonyl (C=O) groups excluding carboxylic acids is 3. The first-order valence-corrected chi connectivity index (χ1v) is 11.8. The molecule has 4 unspecified atom stereocenters. The van der Waals surface area contributed by atoms with Crippen molar-refractivity contribution in [2.75, 3.05) is 0 Å². The molecule has 38 heavy (non-hydrogen) atoms. The van der Waals surface area contributed by atoms with Gasteiger partial charge in [0.1, 0.15) is 23.9 Å². The van der Waals surface area contributed by atoms with Crippen LogP contribution in [-0.4, -0.2) is 80.2 Å². The van der Waals surface area contributed by atoms with E-state index in [9.17, 15) is 39.0 Å². The third-order valence-corrected chi connectivity index (χ3v) is 5.34. The lowest BCUT2D eigenvalue weighted by atomic mass is 10.0. The van der Waals surface area contributed by atoms with Crippen molar-refractivity contribution in [2.24, 2.45) is 11.7 Å². The molecule has 210 valence electrons. The molecule has 0 aromatic heterocycles. The van der Waals surface area contributed by atoms with Gasteiger partial charge in [0.05, 0.1) is 12.5 Å². The SMILES string of the molecule is CC(C)CC(N)C(=O)NC(Cc1ccc(O)cc1)C(=O)NC(CCC(=O)O)C(=O)NC(CC(=O)O)C(=O)O. The van der Waals surface area contributed by atoms with Crippen molar-refractivity contribution in [2.45, 2.75) is 70.1 Å². The summed E-state index contributed by atoms with van der Waals surface area (Å²) >= 11 is 0. The molecule has 1 aromatic rings. The van der Waals surface area contributed by atoms with E-state index in [0.29, 0.717) is 12.0 Å². The average molecular weight is 539 g/mol. The number of carbonyl (C=O) groups is 6. The molecule has 0 aliphatic rings. The number of aromatic hydroxyl groups is 1. The number of phenolic OH excluding ortho intramolecular Hbond substituents is 1. The van der Waals surface area contributed by atoms with Gasteiger partial charge in [-0.2, -0.15) is 0 Å². The largest absolute Gasteiger partial charge is 0.508 e. The fourth-order valence-electron chi connectivity index (χ4n) is 3.43. The first-order chi connectivity index (χ1) is 17.7. The second-order valence-corrected chi connectivity index (χ2v) is 9.16. The number of carboxylic acids is 3. The lowest BCUT2D eigenvalue weighted by Gasteiger charge is -2.25. The van der Waals surface area contributed by atoms with Crippen LogP contribution in [0.3, 0.4) is 0 Å². The third-order valence-electron chi connectivity index (χ3n) is 5.34. The van der Waals surface area contributed by atoms with Gasteiger partial charge in [-0.25, -0.2) is 4.79 Å². The predicted molar refractivity (Wildman–Crippen MR) is 132 cm³/mol. The summed E-state index contributed by atoms with van der Waals surface area (Å²) in [5, 5.41) is 43.5. The molecule has 1 rings (SSSR count). The molecule has 0 fully saturated rings. The van der Waals surface area contributed by atoms with Gasteiger partial charge in [-0.1, -0.05) is 26.0 Å². The number of aliphatic carboxylic acids is 3. The Balaban J connectivity index is 3.18. The minimum Gasteiger partial charge on any atom is -0.508 e. The van der Waals surface area contributed by atoms with Crippen molar-refractivity contribution in [3.05, 3.63) is 29.8 Å². The lowest BCUT2D eigenvalue weighted by Crippen LogP contribution is -2.57. The van der Waals surface area contributed by atoms with Crippen molar-refractivity contribution in [1.82, 2.24) is 16.0 Å². The Bertz CT molecular complexity index is 1010.